The highest BCUT2D eigenvalue weighted by Crippen LogP contribution is 2.19. The maximum absolute atomic E-state index is 5.68. The van der Waals surface area contributed by atoms with Gasteiger partial charge in [-0.15, -0.1) is 12.4 Å². The van der Waals surface area contributed by atoms with Gasteiger partial charge in [0.1, 0.15) is 0 Å². The zero-order valence-electron chi connectivity index (χ0n) is 10.1. The second-order valence-electron chi connectivity index (χ2n) is 4.94. The van der Waals surface area contributed by atoms with E-state index < -0.39 is 0 Å². The Bertz CT molecular complexity index is 178. The van der Waals surface area contributed by atoms with Crippen LogP contribution in [0, 0.1) is 5.92 Å². The quantitative estimate of drug-likeness (QED) is 0.822. The van der Waals surface area contributed by atoms with Crippen molar-refractivity contribution in [2.75, 3.05) is 32.8 Å². The summed E-state index contributed by atoms with van der Waals surface area (Å²) in [5.74, 6) is 0.781. The molecule has 0 bridgehead atoms. The van der Waals surface area contributed by atoms with Crippen LogP contribution < -0.4 is 5.73 Å². The number of likely N-dealkylation sites (tertiary alicyclic amines) is 1. The van der Waals surface area contributed by atoms with Crippen LogP contribution in [0.5, 0.6) is 0 Å². The number of ether oxygens (including phenoxy) is 1. The van der Waals surface area contributed by atoms with Gasteiger partial charge in [0.2, 0.25) is 0 Å². The highest BCUT2D eigenvalue weighted by Gasteiger charge is 2.20. The van der Waals surface area contributed by atoms with Crippen molar-refractivity contribution in [3.8, 4) is 0 Å². The first-order valence-corrected chi connectivity index (χ1v) is 6.42. The number of halogens is 1. The van der Waals surface area contributed by atoms with E-state index in [-0.39, 0.29) is 12.4 Å². The molecule has 0 radical (unpaired) electrons. The molecule has 0 spiro atoms. The molecule has 2 rings (SSSR count). The van der Waals surface area contributed by atoms with Crippen molar-refractivity contribution >= 4 is 12.4 Å². The summed E-state index contributed by atoms with van der Waals surface area (Å²) in [5, 5.41) is 0. The number of rotatable bonds is 4. The van der Waals surface area contributed by atoms with Crippen molar-refractivity contribution in [1.82, 2.24) is 4.90 Å². The topological polar surface area (TPSA) is 38.5 Å². The predicted octanol–water partition coefficient (Wildman–Crippen LogP) is 1.65. The zero-order valence-corrected chi connectivity index (χ0v) is 10.9. The fourth-order valence-corrected chi connectivity index (χ4v) is 2.64. The lowest BCUT2D eigenvalue weighted by Crippen LogP contribution is -2.37. The fraction of sp³-hybridized carbons (Fsp3) is 1.00. The minimum atomic E-state index is 0. The lowest BCUT2D eigenvalue weighted by molar-refractivity contribution is 0.0854. The molecule has 0 aliphatic carbocycles. The molecule has 3 nitrogen and oxygen atoms in total. The van der Waals surface area contributed by atoms with Crippen LogP contribution in [-0.2, 0) is 4.74 Å². The molecule has 2 saturated heterocycles. The SMILES string of the molecule is Cl.NCC1CCN(CCC2CCCO2)CC1. The molecule has 16 heavy (non-hydrogen) atoms. The molecule has 0 aromatic carbocycles. The Morgan fingerprint density at radius 3 is 2.50 bits per heavy atom. The van der Waals surface area contributed by atoms with Gasteiger partial charge in [-0.1, -0.05) is 0 Å². The molecule has 2 N–H and O–H groups in total. The lowest BCUT2D eigenvalue weighted by atomic mass is 9.97. The fourth-order valence-electron chi connectivity index (χ4n) is 2.64. The summed E-state index contributed by atoms with van der Waals surface area (Å²) in [5.41, 5.74) is 5.68. The standard InChI is InChI=1S/C12H24N2O.ClH/c13-10-11-3-6-14(7-4-11)8-5-12-2-1-9-15-12;/h11-12H,1-10,13H2;1H. The monoisotopic (exact) mass is 248 g/mol. The third-order valence-electron chi connectivity index (χ3n) is 3.83. The van der Waals surface area contributed by atoms with Gasteiger partial charge in [-0.2, -0.15) is 0 Å². The predicted molar refractivity (Wildman–Crippen MR) is 69.1 cm³/mol. The summed E-state index contributed by atoms with van der Waals surface area (Å²) in [6.45, 7) is 5.57. The first-order chi connectivity index (χ1) is 7.38. The Morgan fingerprint density at radius 1 is 1.19 bits per heavy atom. The minimum Gasteiger partial charge on any atom is -0.378 e. The molecule has 1 unspecified atom stereocenters. The second-order valence-corrected chi connectivity index (χ2v) is 4.94. The molecule has 2 aliphatic rings. The number of piperidine rings is 1. The van der Waals surface area contributed by atoms with E-state index in [4.69, 9.17) is 10.5 Å². The molecule has 0 saturated carbocycles. The summed E-state index contributed by atoms with van der Waals surface area (Å²) in [7, 11) is 0. The van der Waals surface area contributed by atoms with E-state index in [9.17, 15) is 0 Å². The molecular weight excluding hydrogens is 224 g/mol. The summed E-state index contributed by atoms with van der Waals surface area (Å²) < 4.78 is 5.64. The minimum absolute atomic E-state index is 0. The van der Waals surface area contributed by atoms with Crippen molar-refractivity contribution in [3.05, 3.63) is 0 Å². The van der Waals surface area contributed by atoms with Gasteiger partial charge < -0.3 is 15.4 Å². The smallest absolute Gasteiger partial charge is 0.0588 e. The van der Waals surface area contributed by atoms with Gasteiger partial charge in [-0.25, -0.2) is 0 Å². The largest absolute Gasteiger partial charge is 0.378 e. The van der Waals surface area contributed by atoms with Crippen molar-refractivity contribution in [3.63, 3.8) is 0 Å². The van der Waals surface area contributed by atoms with Crippen molar-refractivity contribution in [1.29, 1.82) is 0 Å². The van der Waals surface area contributed by atoms with E-state index in [2.05, 4.69) is 4.90 Å². The van der Waals surface area contributed by atoms with E-state index in [1.165, 1.54) is 51.7 Å². The molecule has 4 heteroatoms. The van der Waals surface area contributed by atoms with Crippen LogP contribution >= 0.6 is 12.4 Å². The summed E-state index contributed by atoms with van der Waals surface area (Å²) in [6, 6.07) is 0. The van der Waals surface area contributed by atoms with E-state index in [0.717, 1.165) is 19.1 Å². The molecule has 2 aliphatic heterocycles. The number of nitrogens with zero attached hydrogens (tertiary/aromatic N) is 1. The third kappa shape index (κ3) is 4.21. The van der Waals surface area contributed by atoms with Crippen LogP contribution in [0.2, 0.25) is 0 Å². The van der Waals surface area contributed by atoms with Crippen molar-refractivity contribution in [2.24, 2.45) is 11.7 Å². The zero-order chi connectivity index (χ0) is 10.5. The van der Waals surface area contributed by atoms with Gasteiger partial charge >= 0.3 is 0 Å². The van der Waals surface area contributed by atoms with Gasteiger partial charge in [-0.05, 0) is 57.7 Å². The number of nitrogens with two attached hydrogens (primary N) is 1. The molecule has 96 valence electrons. The lowest BCUT2D eigenvalue weighted by Gasteiger charge is -2.31. The normalized spacial score (nSPS) is 27.9. The van der Waals surface area contributed by atoms with Crippen LogP contribution in [0.25, 0.3) is 0 Å². The first-order valence-electron chi connectivity index (χ1n) is 6.42. The van der Waals surface area contributed by atoms with Crippen LogP contribution in [0.3, 0.4) is 0 Å². The van der Waals surface area contributed by atoms with Crippen molar-refractivity contribution in [2.45, 2.75) is 38.2 Å². The van der Waals surface area contributed by atoms with Gasteiger partial charge in [0.05, 0.1) is 6.10 Å². The van der Waals surface area contributed by atoms with Gasteiger partial charge in [-0.3, -0.25) is 0 Å². The molecule has 0 aromatic rings. The Balaban J connectivity index is 0.00000128. The summed E-state index contributed by atoms with van der Waals surface area (Å²) in [6.07, 6.45) is 6.91. The number of hydrogen-bond donors (Lipinski definition) is 1. The highest BCUT2D eigenvalue weighted by atomic mass is 35.5. The Morgan fingerprint density at radius 2 is 1.94 bits per heavy atom. The third-order valence-corrected chi connectivity index (χ3v) is 3.83. The van der Waals surface area contributed by atoms with E-state index in [1.54, 1.807) is 0 Å². The van der Waals surface area contributed by atoms with Gasteiger partial charge in [0, 0.05) is 13.2 Å². The summed E-state index contributed by atoms with van der Waals surface area (Å²) in [4.78, 5) is 2.58. The Hall–Kier alpha value is 0.170. The average Bonchev–Trinajstić information content (AvgIpc) is 2.80. The molecule has 0 amide bonds. The first kappa shape index (κ1) is 14.2. The molecule has 2 heterocycles. The van der Waals surface area contributed by atoms with E-state index in [1.807, 2.05) is 0 Å². The van der Waals surface area contributed by atoms with Crippen molar-refractivity contribution < 1.29 is 4.74 Å². The maximum Gasteiger partial charge on any atom is 0.0588 e. The highest BCUT2D eigenvalue weighted by molar-refractivity contribution is 5.85. The van der Waals surface area contributed by atoms with E-state index >= 15 is 0 Å². The molecule has 0 aromatic heterocycles. The maximum atomic E-state index is 5.68. The average molecular weight is 249 g/mol. The number of hydrogen-bond acceptors (Lipinski definition) is 3. The molecule has 2 fully saturated rings. The molecular formula is C12H25ClN2O. The van der Waals surface area contributed by atoms with Crippen LogP contribution in [0.4, 0.5) is 0 Å². The van der Waals surface area contributed by atoms with Crippen LogP contribution in [0.15, 0.2) is 0 Å². The van der Waals surface area contributed by atoms with E-state index in [0.29, 0.717) is 6.10 Å². The second kappa shape index (κ2) is 7.49. The van der Waals surface area contributed by atoms with Crippen LogP contribution in [0.1, 0.15) is 32.1 Å². The summed E-state index contributed by atoms with van der Waals surface area (Å²) >= 11 is 0. The Kier molecular flexibility index (Phi) is 6.66. The van der Waals surface area contributed by atoms with Gasteiger partial charge in [0.25, 0.3) is 0 Å². The van der Waals surface area contributed by atoms with Gasteiger partial charge in [0.15, 0.2) is 0 Å². The van der Waals surface area contributed by atoms with Crippen LogP contribution in [-0.4, -0.2) is 43.8 Å². The molecule has 1 atom stereocenters. The Labute approximate surface area is 105 Å².